The minimum atomic E-state index is -1.30. The van der Waals surface area contributed by atoms with Crippen molar-refractivity contribution in [1.82, 2.24) is 4.90 Å². The van der Waals surface area contributed by atoms with Gasteiger partial charge in [-0.3, -0.25) is 4.79 Å². The highest BCUT2D eigenvalue weighted by atomic mass is 16.7. The summed E-state index contributed by atoms with van der Waals surface area (Å²) in [6, 6.07) is 16.7. The van der Waals surface area contributed by atoms with Crippen LogP contribution in [0.15, 0.2) is 66.7 Å². The van der Waals surface area contributed by atoms with Crippen molar-refractivity contribution >= 4 is 18.0 Å². The average Bonchev–Trinajstić information content (AvgIpc) is 3.25. The molecule has 0 spiro atoms. The van der Waals surface area contributed by atoms with Crippen molar-refractivity contribution in [3.63, 3.8) is 0 Å². The molecule has 7 nitrogen and oxygen atoms in total. The Balaban J connectivity index is 1.57. The SMILES string of the molecule is CC1(C(C(=O)OCc2ccccc2)N2C(=O)C(N)[C@H]2/C=C/c2ccccc2)OCCO1. The van der Waals surface area contributed by atoms with Gasteiger partial charge in [-0.2, -0.15) is 0 Å². The van der Waals surface area contributed by atoms with Crippen LogP contribution in [0.4, 0.5) is 0 Å². The zero-order chi connectivity index (χ0) is 21.8. The van der Waals surface area contributed by atoms with Crippen LogP contribution >= 0.6 is 0 Å². The first-order valence-electron chi connectivity index (χ1n) is 10.3. The Bertz CT molecular complexity index is 941. The first-order valence-corrected chi connectivity index (χ1v) is 10.3. The van der Waals surface area contributed by atoms with Crippen LogP contribution in [0, 0.1) is 0 Å². The molecule has 0 saturated carbocycles. The van der Waals surface area contributed by atoms with Crippen LogP contribution in [0.25, 0.3) is 6.08 Å². The van der Waals surface area contributed by atoms with Crippen LogP contribution in [0.1, 0.15) is 18.1 Å². The third-order valence-corrected chi connectivity index (χ3v) is 5.60. The molecule has 0 aromatic heterocycles. The van der Waals surface area contributed by atoms with E-state index in [-0.39, 0.29) is 12.5 Å². The lowest BCUT2D eigenvalue weighted by Crippen LogP contribution is -2.75. The maximum Gasteiger partial charge on any atom is 0.334 e. The number of β-lactam (4-membered cyclic amide) rings is 1. The van der Waals surface area contributed by atoms with Gasteiger partial charge in [0.2, 0.25) is 5.91 Å². The average molecular weight is 422 g/mol. The highest BCUT2D eigenvalue weighted by molar-refractivity contribution is 5.95. The van der Waals surface area contributed by atoms with Crippen molar-refractivity contribution in [3.05, 3.63) is 77.9 Å². The molecule has 0 aliphatic carbocycles. The Kier molecular flexibility index (Phi) is 6.18. The van der Waals surface area contributed by atoms with Gasteiger partial charge in [-0.25, -0.2) is 4.79 Å². The summed E-state index contributed by atoms with van der Waals surface area (Å²) in [5.41, 5.74) is 7.91. The molecule has 162 valence electrons. The molecular formula is C24H26N2O5. The molecule has 4 rings (SSSR count). The number of hydrogen-bond donors (Lipinski definition) is 1. The fourth-order valence-electron chi connectivity index (χ4n) is 3.92. The van der Waals surface area contributed by atoms with E-state index < -0.39 is 29.9 Å². The number of hydrogen-bond acceptors (Lipinski definition) is 6. The van der Waals surface area contributed by atoms with Crippen molar-refractivity contribution < 1.29 is 23.8 Å². The normalized spacial score (nSPS) is 23.5. The minimum Gasteiger partial charge on any atom is -0.459 e. The Morgan fingerprint density at radius 1 is 1.16 bits per heavy atom. The molecular weight excluding hydrogens is 396 g/mol. The lowest BCUT2D eigenvalue weighted by Gasteiger charge is -2.50. The maximum atomic E-state index is 13.2. The smallest absolute Gasteiger partial charge is 0.334 e. The molecule has 31 heavy (non-hydrogen) atoms. The zero-order valence-electron chi connectivity index (χ0n) is 17.3. The van der Waals surface area contributed by atoms with Crippen molar-refractivity contribution in [1.29, 1.82) is 0 Å². The Labute approximate surface area is 181 Å². The molecule has 2 aliphatic heterocycles. The highest BCUT2D eigenvalue weighted by Gasteiger charge is 2.58. The molecule has 2 N–H and O–H groups in total. The number of likely N-dealkylation sites (tertiary alicyclic amines) is 1. The largest absolute Gasteiger partial charge is 0.459 e. The van der Waals surface area contributed by atoms with E-state index in [1.807, 2.05) is 72.8 Å². The minimum absolute atomic E-state index is 0.0882. The van der Waals surface area contributed by atoms with E-state index >= 15 is 0 Å². The molecule has 7 heteroatoms. The number of carbonyl (C=O) groups excluding carboxylic acids is 2. The van der Waals surface area contributed by atoms with Crippen LogP contribution in [0.2, 0.25) is 0 Å². The summed E-state index contributed by atoms with van der Waals surface area (Å²) in [6.45, 7) is 2.41. The van der Waals surface area contributed by atoms with E-state index in [9.17, 15) is 9.59 Å². The van der Waals surface area contributed by atoms with Gasteiger partial charge in [0.05, 0.1) is 19.3 Å². The van der Waals surface area contributed by atoms with E-state index in [0.717, 1.165) is 11.1 Å². The quantitative estimate of drug-likeness (QED) is 0.543. The third kappa shape index (κ3) is 4.39. The number of carbonyl (C=O) groups is 2. The number of rotatable bonds is 7. The highest BCUT2D eigenvalue weighted by Crippen LogP contribution is 2.34. The molecule has 3 atom stereocenters. The molecule has 2 saturated heterocycles. The zero-order valence-corrected chi connectivity index (χ0v) is 17.3. The number of amides is 1. The van der Waals surface area contributed by atoms with Gasteiger partial charge >= 0.3 is 5.97 Å². The number of esters is 1. The van der Waals surface area contributed by atoms with E-state index in [1.54, 1.807) is 6.92 Å². The van der Waals surface area contributed by atoms with Crippen molar-refractivity contribution in [2.24, 2.45) is 5.73 Å². The van der Waals surface area contributed by atoms with Crippen LogP contribution in [-0.4, -0.2) is 53.9 Å². The molecule has 0 radical (unpaired) electrons. The van der Waals surface area contributed by atoms with Crippen molar-refractivity contribution in [2.75, 3.05) is 13.2 Å². The Hall–Kier alpha value is -3.00. The maximum absolute atomic E-state index is 13.2. The second kappa shape index (κ2) is 9.01. The van der Waals surface area contributed by atoms with E-state index in [0.29, 0.717) is 13.2 Å². The predicted molar refractivity (Wildman–Crippen MR) is 114 cm³/mol. The summed E-state index contributed by atoms with van der Waals surface area (Å²) in [5, 5.41) is 0. The monoisotopic (exact) mass is 422 g/mol. The number of nitrogens with two attached hydrogens (primary N) is 1. The molecule has 2 unspecified atom stereocenters. The Morgan fingerprint density at radius 2 is 1.77 bits per heavy atom. The fraction of sp³-hybridized carbons (Fsp3) is 0.333. The molecule has 2 fully saturated rings. The summed E-state index contributed by atoms with van der Waals surface area (Å²) >= 11 is 0. The molecule has 2 aromatic carbocycles. The van der Waals surface area contributed by atoms with E-state index in [4.69, 9.17) is 19.9 Å². The second-order valence-corrected chi connectivity index (χ2v) is 7.74. The summed E-state index contributed by atoms with van der Waals surface area (Å²) in [6.07, 6.45) is 3.71. The lowest BCUT2D eigenvalue weighted by atomic mass is 9.89. The predicted octanol–water partition coefficient (Wildman–Crippen LogP) is 2.11. The summed E-state index contributed by atoms with van der Waals surface area (Å²) in [4.78, 5) is 27.3. The van der Waals surface area contributed by atoms with E-state index in [1.165, 1.54) is 4.90 Å². The molecule has 1 amide bonds. The summed E-state index contributed by atoms with van der Waals surface area (Å²) in [7, 11) is 0. The first-order chi connectivity index (χ1) is 15.0. The number of ether oxygens (including phenoxy) is 3. The molecule has 2 heterocycles. The van der Waals surface area contributed by atoms with Gasteiger partial charge in [0.15, 0.2) is 11.8 Å². The first kappa shape index (κ1) is 21.2. The van der Waals surface area contributed by atoms with Gasteiger partial charge in [-0.05, 0) is 18.1 Å². The van der Waals surface area contributed by atoms with Gasteiger partial charge in [0.25, 0.3) is 0 Å². The van der Waals surface area contributed by atoms with Crippen molar-refractivity contribution in [2.45, 2.75) is 37.4 Å². The third-order valence-electron chi connectivity index (χ3n) is 5.60. The second-order valence-electron chi connectivity index (χ2n) is 7.74. The molecule has 0 bridgehead atoms. The summed E-state index contributed by atoms with van der Waals surface area (Å²) in [5.74, 6) is -2.24. The number of benzene rings is 2. The standard InChI is InChI=1S/C24H26N2O5/c1-24(30-14-15-31-24)21(23(28)29-16-18-10-6-3-7-11-18)26-19(20(25)22(26)27)13-12-17-8-4-2-5-9-17/h2-13,19-21H,14-16,25H2,1H3/b13-12+/t19-,20?,21?/m1/s1. The van der Waals surface area contributed by atoms with Gasteiger partial charge in [-0.1, -0.05) is 72.8 Å². The number of nitrogens with zero attached hydrogens (tertiary/aromatic N) is 1. The van der Waals surface area contributed by atoms with Crippen LogP contribution in [-0.2, 0) is 30.4 Å². The van der Waals surface area contributed by atoms with Gasteiger partial charge in [0.1, 0.15) is 12.6 Å². The lowest BCUT2D eigenvalue weighted by molar-refractivity contribution is -0.218. The molecule has 2 aromatic rings. The van der Waals surface area contributed by atoms with Crippen molar-refractivity contribution in [3.8, 4) is 0 Å². The van der Waals surface area contributed by atoms with E-state index in [2.05, 4.69) is 0 Å². The van der Waals surface area contributed by atoms with Gasteiger partial charge < -0.3 is 24.8 Å². The Morgan fingerprint density at radius 3 is 2.42 bits per heavy atom. The van der Waals surface area contributed by atoms with Crippen LogP contribution in [0.5, 0.6) is 0 Å². The topological polar surface area (TPSA) is 91.1 Å². The van der Waals surface area contributed by atoms with Crippen LogP contribution < -0.4 is 5.73 Å². The van der Waals surface area contributed by atoms with Crippen LogP contribution in [0.3, 0.4) is 0 Å². The molecule has 2 aliphatic rings. The van der Waals surface area contributed by atoms with Gasteiger partial charge in [-0.15, -0.1) is 0 Å². The summed E-state index contributed by atoms with van der Waals surface area (Å²) < 4.78 is 17.1. The fourth-order valence-corrected chi connectivity index (χ4v) is 3.92. The van der Waals surface area contributed by atoms with Gasteiger partial charge in [0, 0.05) is 0 Å².